The van der Waals surface area contributed by atoms with Crippen LogP contribution in [0.25, 0.3) is 11.5 Å². The number of aromatic nitrogens is 2. The summed E-state index contributed by atoms with van der Waals surface area (Å²) >= 11 is 5.98. The second kappa shape index (κ2) is 6.65. The molecule has 1 aromatic heterocycles. The van der Waals surface area contributed by atoms with E-state index in [-0.39, 0.29) is 12.0 Å². The van der Waals surface area contributed by atoms with Crippen LogP contribution in [-0.2, 0) is 12.0 Å². The molecule has 0 saturated heterocycles. The van der Waals surface area contributed by atoms with Gasteiger partial charge in [0.25, 0.3) is 5.89 Å². The summed E-state index contributed by atoms with van der Waals surface area (Å²) in [5.41, 5.74) is 2.07. The summed E-state index contributed by atoms with van der Waals surface area (Å²) in [6.07, 6.45) is 0. The van der Waals surface area contributed by atoms with Crippen LogP contribution in [0.5, 0.6) is 5.75 Å². The Kier molecular flexibility index (Phi) is 4.58. The SMILES string of the molecule is CC(C)(C)c1cccc(OCc2nnc(-c3cccc(Cl)c3)o2)c1. The van der Waals surface area contributed by atoms with Crippen LogP contribution in [0.1, 0.15) is 32.2 Å². The first-order valence-electron chi connectivity index (χ1n) is 7.73. The van der Waals surface area contributed by atoms with E-state index in [0.717, 1.165) is 11.3 Å². The maximum atomic E-state index is 5.98. The van der Waals surface area contributed by atoms with Gasteiger partial charge in [-0.3, -0.25) is 0 Å². The molecule has 0 aliphatic carbocycles. The van der Waals surface area contributed by atoms with Gasteiger partial charge in [0.2, 0.25) is 5.89 Å². The highest BCUT2D eigenvalue weighted by molar-refractivity contribution is 6.30. The zero-order valence-electron chi connectivity index (χ0n) is 13.9. The van der Waals surface area contributed by atoms with Crippen molar-refractivity contribution in [2.75, 3.05) is 0 Å². The van der Waals surface area contributed by atoms with Crippen molar-refractivity contribution in [3.05, 3.63) is 65.0 Å². The molecule has 0 fully saturated rings. The minimum atomic E-state index is 0.0730. The molecule has 0 unspecified atom stereocenters. The topological polar surface area (TPSA) is 48.2 Å². The van der Waals surface area contributed by atoms with Crippen LogP contribution in [0, 0.1) is 0 Å². The number of nitrogens with zero attached hydrogens (tertiary/aromatic N) is 2. The summed E-state index contributed by atoms with van der Waals surface area (Å²) in [5, 5.41) is 8.69. The smallest absolute Gasteiger partial charge is 0.254 e. The predicted octanol–water partition coefficient (Wildman–Crippen LogP) is 5.27. The van der Waals surface area contributed by atoms with Gasteiger partial charge in [-0.15, -0.1) is 10.2 Å². The van der Waals surface area contributed by atoms with Crippen molar-refractivity contribution in [3.8, 4) is 17.2 Å². The van der Waals surface area contributed by atoms with E-state index in [1.165, 1.54) is 5.56 Å². The number of benzene rings is 2. The molecule has 2 aromatic carbocycles. The van der Waals surface area contributed by atoms with E-state index in [1.807, 2.05) is 30.3 Å². The fourth-order valence-corrected chi connectivity index (χ4v) is 2.44. The van der Waals surface area contributed by atoms with E-state index in [1.54, 1.807) is 12.1 Å². The fraction of sp³-hybridized carbons (Fsp3) is 0.263. The molecule has 0 aliphatic rings. The van der Waals surface area contributed by atoms with Crippen molar-refractivity contribution in [2.45, 2.75) is 32.8 Å². The molecule has 24 heavy (non-hydrogen) atoms. The molecule has 1 heterocycles. The molecule has 0 N–H and O–H groups in total. The van der Waals surface area contributed by atoms with Crippen molar-refractivity contribution in [1.29, 1.82) is 0 Å². The predicted molar refractivity (Wildman–Crippen MR) is 94.2 cm³/mol. The third-order valence-electron chi connectivity index (χ3n) is 3.60. The third-order valence-corrected chi connectivity index (χ3v) is 3.84. The van der Waals surface area contributed by atoms with E-state index in [0.29, 0.717) is 16.8 Å². The molecule has 3 aromatic rings. The number of halogens is 1. The number of ether oxygens (including phenoxy) is 1. The summed E-state index contributed by atoms with van der Waals surface area (Å²) in [7, 11) is 0. The Balaban J connectivity index is 1.70. The van der Waals surface area contributed by atoms with Crippen LogP contribution >= 0.6 is 11.6 Å². The highest BCUT2D eigenvalue weighted by atomic mass is 35.5. The maximum Gasteiger partial charge on any atom is 0.254 e. The monoisotopic (exact) mass is 342 g/mol. The van der Waals surface area contributed by atoms with E-state index in [2.05, 4.69) is 37.0 Å². The van der Waals surface area contributed by atoms with Gasteiger partial charge >= 0.3 is 0 Å². The molecule has 5 heteroatoms. The van der Waals surface area contributed by atoms with E-state index in [9.17, 15) is 0 Å². The molecule has 124 valence electrons. The summed E-state index contributed by atoms with van der Waals surface area (Å²) in [6, 6.07) is 15.3. The quantitative estimate of drug-likeness (QED) is 0.648. The average molecular weight is 343 g/mol. The lowest BCUT2D eigenvalue weighted by Gasteiger charge is -2.19. The molecular weight excluding hydrogens is 324 g/mol. The third kappa shape index (κ3) is 3.95. The van der Waals surface area contributed by atoms with E-state index in [4.69, 9.17) is 20.8 Å². The summed E-state index contributed by atoms with van der Waals surface area (Å²) in [5.74, 6) is 1.63. The summed E-state index contributed by atoms with van der Waals surface area (Å²) in [6.45, 7) is 6.73. The van der Waals surface area contributed by atoms with Crippen molar-refractivity contribution in [3.63, 3.8) is 0 Å². The van der Waals surface area contributed by atoms with Gasteiger partial charge in [0.15, 0.2) is 6.61 Å². The Hall–Kier alpha value is -2.33. The van der Waals surface area contributed by atoms with Crippen LogP contribution in [0.4, 0.5) is 0 Å². The van der Waals surface area contributed by atoms with Crippen molar-refractivity contribution in [2.24, 2.45) is 0 Å². The first-order valence-corrected chi connectivity index (χ1v) is 8.11. The lowest BCUT2D eigenvalue weighted by molar-refractivity contribution is 0.264. The molecular formula is C19H19ClN2O2. The molecule has 0 aliphatic heterocycles. The van der Waals surface area contributed by atoms with Gasteiger partial charge in [0.1, 0.15) is 5.75 Å². The van der Waals surface area contributed by atoms with Crippen molar-refractivity contribution in [1.82, 2.24) is 10.2 Å². The lowest BCUT2D eigenvalue weighted by Crippen LogP contribution is -2.11. The first-order chi connectivity index (χ1) is 11.4. The number of hydrogen-bond donors (Lipinski definition) is 0. The molecule has 0 atom stereocenters. The Morgan fingerprint density at radius 3 is 2.58 bits per heavy atom. The van der Waals surface area contributed by atoms with Gasteiger partial charge in [-0.1, -0.05) is 50.6 Å². The standard InChI is InChI=1S/C19H19ClN2O2/c1-19(2,3)14-7-5-9-16(11-14)23-12-17-21-22-18(24-17)13-6-4-8-15(20)10-13/h4-11H,12H2,1-3H3. The minimum absolute atomic E-state index is 0.0730. The zero-order chi connectivity index (χ0) is 17.2. The van der Waals surface area contributed by atoms with Gasteiger partial charge in [-0.2, -0.15) is 0 Å². The molecule has 3 rings (SSSR count). The molecule has 0 radical (unpaired) electrons. The second-order valence-electron chi connectivity index (χ2n) is 6.58. The Labute approximate surface area is 146 Å². The van der Waals surface area contributed by atoms with Crippen LogP contribution in [-0.4, -0.2) is 10.2 Å². The largest absolute Gasteiger partial charge is 0.484 e. The lowest BCUT2D eigenvalue weighted by atomic mass is 9.87. The van der Waals surface area contributed by atoms with E-state index >= 15 is 0 Å². The first kappa shape index (κ1) is 16.5. The van der Waals surface area contributed by atoms with Crippen LogP contribution < -0.4 is 4.74 Å². The van der Waals surface area contributed by atoms with Crippen LogP contribution in [0.15, 0.2) is 52.9 Å². The molecule has 0 spiro atoms. The molecule has 0 saturated carbocycles. The number of rotatable bonds is 4. The Morgan fingerprint density at radius 1 is 1.04 bits per heavy atom. The normalized spacial score (nSPS) is 11.5. The molecule has 0 amide bonds. The van der Waals surface area contributed by atoms with Crippen LogP contribution in [0.3, 0.4) is 0 Å². The van der Waals surface area contributed by atoms with E-state index < -0.39 is 0 Å². The minimum Gasteiger partial charge on any atom is -0.484 e. The van der Waals surface area contributed by atoms with Crippen LogP contribution in [0.2, 0.25) is 5.02 Å². The Bertz CT molecular complexity index is 837. The highest BCUT2D eigenvalue weighted by Gasteiger charge is 2.14. The zero-order valence-corrected chi connectivity index (χ0v) is 14.7. The van der Waals surface area contributed by atoms with Gasteiger partial charge in [-0.05, 0) is 41.3 Å². The second-order valence-corrected chi connectivity index (χ2v) is 7.01. The molecule has 4 nitrogen and oxygen atoms in total. The van der Waals surface area contributed by atoms with Gasteiger partial charge in [0, 0.05) is 10.6 Å². The summed E-state index contributed by atoms with van der Waals surface area (Å²) in [4.78, 5) is 0. The fourth-order valence-electron chi connectivity index (χ4n) is 2.25. The number of hydrogen-bond acceptors (Lipinski definition) is 4. The van der Waals surface area contributed by atoms with Crippen molar-refractivity contribution >= 4 is 11.6 Å². The highest BCUT2D eigenvalue weighted by Crippen LogP contribution is 2.26. The average Bonchev–Trinajstić information content (AvgIpc) is 3.01. The maximum absolute atomic E-state index is 5.98. The van der Waals surface area contributed by atoms with Gasteiger partial charge in [-0.25, -0.2) is 0 Å². The molecule has 0 bridgehead atoms. The van der Waals surface area contributed by atoms with Gasteiger partial charge in [0.05, 0.1) is 0 Å². The van der Waals surface area contributed by atoms with Gasteiger partial charge < -0.3 is 9.15 Å². The van der Waals surface area contributed by atoms with Crippen molar-refractivity contribution < 1.29 is 9.15 Å². The Morgan fingerprint density at radius 2 is 1.83 bits per heavy atom. The summed E-state index contributed by atoms with van der Waals surface area (Å²) < 4.78 is 11.4.